The second kappa shape index (κ2) is 5.33. The molecule has 1 saturated carbocycles. The molecule has 1 fully saturated rings. The molecular formula is C16H15F2NO4. The van der Waals surface area contributed by atoms with Gasteiger partial charge in [-0.25, -0.2) is 0 Å². The van der Waals surface area contributed by atoms with Crippen LogP contribution in [0.1, 0.15) is 23.2 Å². The van der Waals surface area contributed by atoms with Crippen molar-refractivity contribution in [3.63, 3.8) is 0 Å². The van der Waals surface area contributed by atoms with Crippen LogP contribution < -0.4 is 9.47 Å². The van der Waals surface area contributed by atoms with Gasteiger partial charge in [-0.05, 0) is 25.0 Å². The van der Waals surface area contributed by atoms with Crippen LogP contribution in [0.15, 0.2) is 30.0 Å². The van der Waals surface area contributed by atoms with E-state index in [0.717, 1.165) is 12.8 Å². The van der Waals surface area contributed by atoms with Gasteiger partial charge in [-0.15, -0.1) is 8.78 Å². The van der Waals surface area contributed by atoms with Crippen molar-refractivity contribution in [1.82, 2.24) is 4.90 Å². The van der Waals surface area contributed by atoms with E-state index in [0.29, 0.717) is 0 Å². The maximum atomic E-state index is 13.2. The van der Waals surface area contributed by atoms with Gasteiger partial charge in [0.15, 0.2) is 17.3 Å². The first kappa shape index (κ1) is 15.5. The van der Waals surface area contributed by atoms with Crippen LogP contribution >= 0.6 is 0 Å². The third kappa shape index (κ3) is 3.04. The average molecular weight is 323 g/mol. The van der Waals surface area contributed by atoms with Gasteiger partial charge in [0.1, 0.15) is 0 Å². The summed E-state index contributed by atoms with van der Waals surface area (Å²) in [5.41, 5.74) is -0.147. The van der Waals surface area contributed by atoms with Crippen LogP contribution in [0.2, 0.25) is 0 Å². The third-order valence-electron chi connectivity index (χ3n) is 3.52. The molecule has 0 spiro atoms. The topological polar surface area (TPSA) is 55.8 Å². The fourth-order valence-corrected chi connectivity index (χ4v) is 2.35. The van der Waals surface area contributed by atoms with Gasteiger partial charge >= 0.3 is 6.29 Å². The molecule has 5 nitrogen and oxygen atoms in total. The first-order valence-corrected chi connectivity index (χ1v) is 7.14. The summed E-state index contributed by atoms with van der Waals surface area (Å²) in [5, 5.41) is 0. The molecule has 0 unspecified atom stereocenters. The van der Waals surface area contributed by atoms with Gasteiger partial charge in [0.05, 0.1) is 11.1 Å². The number of Topliss-reactive ketones (excluding diaryl/α,β-unsaturated/α-hetero) is 2. The molecule has 0 aromatic heterocycles. The van der Waals surface area contributed by atoms with Crippen molar-refractivity contribution < 1.29 is 27.8 Å². The summed E-state index contributed by atoms with van der Waals surface area (Å²) in [6.45, 7) is 0. The summed E-state index contributed by atoms with van der Waals surface area (Å²) in [5.74, 6) is -1.64. The quantitative estimate of drug-likeness (QED) is 0.361. The number of carbonyl (C=O) groups excluding carboxylic acids is 2. The van der Waals surface area contributed by atoms with E-state index in [1.165, 1.54) is 24.4 Å². The van der Waals surface area contributed by atoms with Crippen molar-refractivity contribution in [3.05, 3.63) is 35.5 Å². The number of ketones is 2. The fourth-order valence-electron chi connectivity index (χ4n) is 2.35. The minimum Gasteiger partial charge on any atom is -0.395 e. The monoisotopic (exact) mass is 323 g/mol. The van der Waals surface area contributed by atoms with Crippen molar-refractivity contribution in [3.8, 4) is 11.5 Å². The largest absolute Gasteiger partial charge is 0.586 e. The van der Waals surface area contributed by atoms with Crippen molar-refractivity contribution >= 4 is 11.6 Å². The number of nitrogens with zero attached hydrogens (tertiary/aromatic N) is 1. The number of halogens is 2. The first-order chi connectivity index (χ1) is 10.8. The van der Waals surface area contributed by atoms with E-state index in [1.54, 1.807) is 19.0 Å². The standard InChI is InChI=1S/C16H15F2NO4/c1-19(2)8-11(13(20)9-6-7-9)14(21)10-4-3-5-12-15(10)23-16(17,18)22-12/h3-5,8-9H,6-7H2,1-2H3/b11-8+. The van der Waals surface area contributed by atoms with E-state index in [4.69, 9.17) is 0 Å². The number of ether oxygens (including phenoxy) is 2. The van der Waals surface area contributed by atoms with Crippen LogP contribution in [-0.2, 0) is 4.79 Å². The summed E-state index contributed by atoms with van der Waals surface area (Å²) in [6, 6.07) is 4.03. The number of para-hydroxylation sites is 1. The van der Waals surface area contributed by atoms with Gasteiger partial charge in [-0.1, -0.05) is 6.07 Å². The third-order valence-corrected chi connectivity index (χ3v) is 3.52. The normalized spacial score (nSPS) is 18.7. The fraction of sp³-hybridized carbons (Fsp3) is 0.375. The highest BCUT2D eigenvalue weighted by molar-refractivity contribution is 6.28. The molecular weight excluding hydrogens is 308 g/mol. The number of hydrogen-bond acceptors (Lipinski definition) is 5. The number of fused-ring (bicyclic) bond motifs is 1. The number of hydrogen-bond donors (Lipinski definition) is 0. The molecule has 2 aliphatic rings. The lowest BCUT2D eigenvalue weighted by molar-refractivity contribution is -0.286. The molecule has 7 heteroatoms. The first-order valence-electron chi connectivity index (χ1n) is 7.14. The number of benzene rings is 1. The van der Waals surface area contributed by atoms with Crippen LogP contribution in [0.4, 0.5) is 8.78 Å². The molecule has 23 heavy (non-hydrogen) atoms. The Morgan fingerprint density at radius 1 is 1.26 bits per heavy atom. The Bertz CT molecular complexity index is 708. The van der Waals surface area contributed by atoms with Gasteiger partial charge in [0, 0.05) is 26.2 Å². The number of alkyl halides is 2. The smallest absolute Gasteiger partial charge is 0.395 e. The maximum Gasteiger partial charge on any atom is 0.586 e. The van der Waals surface area contributed by atoms with Crippen LogP contribution in [0.5, 0.6) is 11.5 Å². The maximum absolute atomic E-state index is 13.2. The van der Waals surface area contributed by atoms with E-state index < -0.39 is 12.1 Å². The van der Waals surface area contributed by atoms with E-state index in [9.17, 15) is 18.4 Å². The number of rotatable bonds is 5. The van der Waals surface area contributed by atoms with Crippen molar-refractivity contribution in [2.45, 2.75) is 19.1 Å². The second-order valence-corrected chi connectivity index (χ2v) is 5.77. The lowest BCUT2D eigenvalue weighted by Crippen LogP contribution is -2.26. The minimum absolute atomic E-state index is 0.0373. The molecule has 1 aromatic rings. The van der Waals surface area contributed by atoms with E-state index in [1.807, 2.05) is 0 Å². The predicted molar refractivity (Wildman–Crippen MR) is 76.5 cm³/mol. The van der Waals surface area contributed by atoms with E-state index >= 15 is 0 Å². The van der Waals surface area contributed by atoms with Gasteiger partial charge in [0.25, 0.3) is 0 Å². The Kier molecular flexibility index (Phi) is 3.58. The zero-order valence-corrected chi connectivity index (χ0v) is 12.6. The molecule has 0 bridgehead atoms. The highest BCUT2D eigenvalue weighted by Gasteiger charge is 2.46. The molecule has 1 heterocycles. The van der Waals surface area contributed by atoms with Crippen LogP contribution in [0, 0.1) is 5.92 Å². The molecule has 3 rings (SSSR count). The van der Waals surface area contributed by atoms with Gasteiger partial charge < -0.3 is 14.4 Å². The van der Waals surface area contributed by atoms with Crippen molar-refractivity contribution in [1.29, 1.82) is 0 Å². The predicted octanol–water partition coefficient (Wildman–Crippen LogP) is 2.62. The summed E-state index contributed by atoms with van der Waals surface area (Å²) >= 11 is 0. The minimum atomic E-state index is -3.81. The number of carbonyl (C=O) groups is 2. The Balaban J connectivity index is 1.99. The summed E-state index contributed by atoms with van der Waals surface area (Å²) in [6.07, 6.45) is -0.927. The highest BCUT2D eigenvalue weighted by Crippen LogP contribution is 2.44. The van der Waals surface area contributed by atoms with Crippen LogP contribution in [-0.4, -0.2) is 36.9 Å². The van der Waals surface area contributed by atoms with Crippen molar-refractivity contribution in [2.24, 2.45) is 5.92 Å². The Morgan fingerprint density at radius 2 is 1.96 bits per heavy atom. The Morgan fingerprint density at radius 3 is 2.57 bits per heavy atom. The molecule has 0 amide bonds. The number of allylic oxidation sites excluding steroid dienone is 1. The van der Waals surface area contributed by atoms with Gasteiger partial charge in [-0.3, -0.25) is 9.59 Å². The molecule has 1 aliphatic heterocycles. The van der Waals surface area contributed by atoms with Crippen LogP contribution in [0.25, 0.3) is 0 Å². The molecule has 0 radical (unpaired) electrons. The summed E-state index contributed by atoms with van der Waals surface area (Å²) in [7, 11) is 3.35. The lowest BCUT2D eigenvalue weighted by Gasteiger charge is -2.12. The SMILES string of the molecule is CN(C)/C=C(/C(=O)c1cccc2c1OC(F)(F)O2)C(=O)C1CC1. The van der Waals surface area contributed by atoms with Crippen LogP contribution in [0.3, 0.4) is 0 Å². The lowest BCUT2D eigenvalue weighted by atomic mass is 9.97. The molecule has 0 atom stereocenters. The average Bonchev–Trinajstić information content (AvgIpc) is 3.24. The molecule has 1 aliphatic carbocycles. The Hall–Kier alpha value is -2.44. The summed E-state index contributed by atoms with van der Waals surface area (Å²) < 4.78 is 35.3. The Labute approximate surface area is 131 Å². The molecule has 1 aromatic carbocycles. The highest BCUT2D eigenvalue weighted by atomic mass is 19.3. The second-order valence-electron chi connectivity index (χ2n) is 5.77. The zero-order chi connectivity index (χ0) is 16.8. The van der Waals surface area contributed by atoms with Gasteiger partial charge in [-0.2, -0.15) is 0 Å². The summed E-state index contributed by atoms with van der Waals surface area (Å²) in [4.78, 5) is 26.6. The van der Waals surface area contributed by atoms with E-state index in [2.05, 4.69) is 9.47 Å². The van der Waals surface area contributed by atoms with Crippen molar-refractivity contribution in [2.75, 3.05) is 14.1 Å². The zero-order valence-electron chi connectivity index (χ0n) is 12.6. The molecule has 0 saturated heterocycles. The van der Waals surface area contributed by atoms with E-state index in [-0.39, 0.29) is 34.3 Å². The van der Waals surface area contributed by atoms with Gasteiger partial charge in [0.2, 0.25) is 5.78 Å². The molecule has 122 valence electrons. The molecule has 0 N–H and O–H groups in total.